The smallest absolute Gasteiger partial charge is 0.326 e. The van der Waals surface area contributed by atoms with Gasteiger partial charge in [0.25, 0.3) is 0 Å². The van der Waals surface area contributed by atoms with Gasteiger partial charge in [-0.3, -0.25) is 24.4 Å². The first-order chi connectivity index (χ1) is 17.9. The molecule has 0 aliphatic rings. The number of carboxylic acids is 1. The monoisotopic (exact) mass is 538 g/mol. The lowest BCUT2D eigenvalue weighted by atomic mass is 10.1. The van der Waals surface area contributed by atoms with E-state index in [2.05, 4.69) is 35.9 Å². The van der Waals surface area contributed by atoms with Crippen molar-refractivity contribution in [3.8, 4) is 0 Å². The van der Waals surface area contributed by atoms with Gasteiger partial charge in [-0.2, -0.15) is 0 Å². The van der Waals surface area contributed by atoms with Crippen LogP contribution in [-0.4, -0.2) is 87.9 Å². The van der Waals surface area contributed by atoms with Gasteiger partial charge in [-0.15, -0.1) is 0 Å². The molecule has 4 unspecified atom stereocenters. The van der Waals surface area contributed by atoms with Crippen LogP contribution in [-0.2, 0) is 25.6 Å². The highest BCUT2D eigenvalue weighted by atomic mass is 16.4. The van der Waals surface area contributed by atoms with Crippen molar-refractivity contribution < 1.29 is 24.3 Å². The van der Waals surface area contributed by atoms with Gasteiger partial charge in [-0.05, 0) is 32.6 Å². The summed E-state index contributed by atoms with van der Waals surface area (Å²) < 4.78 is 0. The molecule has 4 atom stereocenters. The second-order valence-electron chi connectivity index (χ2n) is 8.48. The van der Waals surface area contributed by atoms with E-state index in [1.165, 1.54) is 19.4 Å². The minimum Gasteiger partial charge on any atom is -0.480 e. The highest BCUT2D eigenvalue weighted by Crippen LogP contribution is 2.04. The highest BCUT2D eigenvalue weighted by molar-refractivity contribution is 5.93. The molecule has 0 saturated heterocycles. The zero-order valence-electron chi connectivity index (χ0n) is 21.2. The van der Waals surface area contributed by atoms with Crippen molar-refractivity contribution in [2.24, 2.45) is 38.7 Å². The number of carboxylic acid groups (broad SMARTS) is 1. The van der Waals surface area contributed by atoms with Gasteiger partial charge in [0.1, 0.15) is 18.1 Å². The first-order valence-electron chi connectivity index (χ1n) is 11.9. The number of nitrogens with zero attached hydrogens (tertiary/aromatic N) is 3. The van der Waals surface area contributed by atoms with E-state index in [4.69, 9.17) is 28.7 Å². The molecule has 0 aliphatic carbocycles. The van der Waals surface area contributed by atoms with Gasteiger partial charge in [-0.1, -0.05) is 0 Å². The number of nitrogens with one attached hydrogen (secondary N) is 4. The first kappa shape index (κ1) is 31.6. The molecule has 0 fully saturated rings. The lowest BCUT2D eigenvalue weighted by Gasteiger charge is -2.23. The fourth-order valence-electron chi connectivity index (χ4n) is 3.21. The van der Waals surface area contributed by atoms with E-state index in [0.29, 0.717) is 18.5 Å². The molecular weight excluding hydrogens is 500 g/mol. The first-order valence-corrected chi connectivity index (χ1v) is 11.9. The molecule has 3 amide bonds. The molecule has 1 aromatic rings. The number of hydrogen-bond donors (Lipinski definition) is 10. The zero-order valence-corrected chi connectivity index (χ0v) is 21.2. The third-order valence-electron chi connectivity index (χ3n) is 5.22. The Balaban J connectivity index is 2.80. The maximum absolute atomic E-state index is 12.9. The minimum absolute atomic E-state index is 0.0488. The standard InChI is InChI=1S/C21H38N12O5/c1-11(31-17(35)13(22)8-12-9-27-10-30-12)16(34)32-14(4-2-6-28-20(23)24)18(36)33-15(19(37)38)5-3-7-29-21(25)26/h9-11,13-15H,2-8,22H2,1H3,(H,27,30)(H,31,35)(H,32,34)(H,33,36)(H,37,38)(H4,23,24,28)(H4,25,26,29). The van der Waals surface area contributed by atoms with Gasteiger partial charge in [0.2, 0.25) is 17.7 Å². The van der Waals surface area contributed by atoms with Crippen LogP contribution in [0, 0.1) is 0 Å². The summed E-state index contributed by atoms with van der Waals surface area (Å²) in [5.74, 6) is -3.51. The summed E-state index contributed by atoms with van der Waals surface area (Å²) in [4.78, 5) is 64.1. The molecule has 0 bridgehead atoms. The third kappa shape index (κ3) is 12.5. The van der Waals surface area contributed by atoms with E-state index in [1.54, 1.807) is 0 Å². The maximum Gasteiger partial charge on any atom is 0.326 e. The number of hydrogen-bond acceptors (Lipinski definition) is 8. The summed E-state index contributed by atoms with van der Waals surface area (Å²) in [6.45, 7) is 1.78. The maximum atomic E-state index is 12.9. The average molecular weight is 539 g/mol. The average Bonchev–Trinajstić information content (AvgIpc) is 3.35. The topological polar surface area (TPSA) is 308 Å². The highest BCUT2D eigenvalue weighted by Gasteiger charge is 2.28. The van der Waals surface area contributed by atoms with Crippen LogP contribution >= 0.6 is 0 Å². The van der Waals surface area contributed by atoms with Gasteiger partial charge in [0.15, 0.2) is 11.9 Å². The van der Waals surface area contributed by atoms with Crippen molar-refractivity contribution >= 4 is 35.6 Å². The van der Waals surface area contributed by atoms with Crippen LogP contribution in [0.2, 0.25) is 0 Å². The number of guanidine groups is 2. The number of carbonyl (C=O) groups is 4. The molecule has 0 radical (unpaired) electrons. The van der Waals surface area contributed by atoms with Crippen LogP contribution < -0.4 is 44.6 Å². The third-order valence-corrected chi connectivity index (χ3v) is 5.22. The predicted octanol–water partition coefficient (Wildman–Crippen LogP) is -4.05. The predicted molar refractivity (Wildman–Crippen MR) is 139 cm³/mol. The Bertz CT molecular complexity index is 973. The van der Waals surface area contributed by atoms with Gasteiger partial charge in [0, 0.05) is 31.4 Å². The fourth-order valence-corrected chi connectivity index (χ4v) is 3.21. The number of aromatic amines is 1. The van der Waals surface area contributed by atoms with Crippen molar-refractivity contribution in [2.75, 3.05) is 13.1 Å². The van der Waals surface area contributed by atoms with E-state index in [0.717, 1.165) is 0 Å². The van der Waals surface area contributed by atoms with Crippen molar-refractivity contribution in [1.82, 2.24) is 25.9 Å². The number of rotatable bonds is 17. The molecule has 17 heteroatoms. The normalized spacial score (nSPS) is 13.7. The van der Waals surface area contributed by atoms with E-state index in [1.807, 2.05) is 0 Å². The van der Waals surface area contributed by atoms with Crippen LogP contribution in [0.1, 0.15) is 38.3 Å². The fraction of sp³-hybridized carbons (Fsp3) is 0.571. The van der Waals surface area contributed by atoms with Gasteiger partial charge < -0.3 is 54.7 Å². The molecule has 15 N–H and O–H groups in total. The van der Waals surface area contributed by atoms with Crippen molar-refractivity contribution in [3.05, 3.63) is 18.2 Å². The van der Waals surface area contributed by atoms with Crippen LogP contribution in [0.25, 0.3) is 0 Å². The Morgan fingerprint density at radius 3 is 1.97 bits per heavy atom. The number of imidazole rings is 1. The Kier molecular flexibility index (Phi) is 13.6. The Hall–Kier alpha value is -4.41. The number of nitrogens with two attached hydrogens (primary N) is 5. The summed E-state index contributed by atoms with van der Waals surface area (Å²) >= 11 is 0. The molecule has 0 saturated carbocycles. The van der Waals surface area contributed by atoms with Crippen LogP contribution in [0.15, 0.2) is 22.5 Å². The van der Waals surface area contributed by atoms with Gasteiger partial charge in [-0.25, -0.2) is 9.78 Å². The molecule has 1 rings (SSSR count). The molecule has 1 heterocycles. The molecule has 17 nitrogen and oxygen atoms in total. The number of carbonyl (C=O) groups excluding carboxylic acids is 3. The second-order valence-corrected chi connectivity index (χ2v) is 8.48. The summed E-state index contributed by atoms with van der Waals surface area (Å²) in [5, 5.41) is 17.0. The number of aliphatic imine (C=N–C) groups is 2. The number of aromatic nitrogens is 2. The Morgan fingerprint density at radius 2 is 1.47 bits per heavy atom. The minimum atomic E-state index is -1.26. The summed E-state index contributed by atoms with van der Waals surface area (Å²) in [6, 6.07) is -4.36. The summed E-state index contributed by atoms with van der Waals surface area (Å²) in [5.41, 5.74) is 27.7. The number of aliphatic carboxylic acids is 1. The van der Waals surface area contributed by atoms with E-state index in [9.17, 15) is 24.3 Å². The lowest BCUT2D eigenvalue weighted by Crippen LogP contribution is -2.56. The molecule has 212 valence electrons. The van der Waals surface area contributed by atoms with Crippen molar-refractivity contribution in [1.29, 1.82) is 0 Å². The number of amides is 3. The van der Waals surface area contributed by atoms with Crippen LogP contribution in [0.4, 0.5) is 0 Å². The quantitative estimate of drug-likeness (QED) is 0.0516. The van der Waals surface area contributed by atoms with Gasteiger partial charge >= 0.3 is 5.97 Å². The molecule has 38 heavy (non-hydrogen) atoms. The largest absolute Gasteiger partial charge is 0.480 e. The Morgan fingerprint density at radius 1 is 0.921 bits per heavy atom. The molecule has 1 aromatic heterocycles. The van der Waals surface area contributed by atoms with Crippen LogP contribution in [0.3, 0.4) is 0 Å². The van der Waals surface area contributed by atoms with Crippen LogP contribution in [0.5, 0.6) is 0 Å². The molecule has 0 spiro atoms. The number of H-pyrrole nitrogens is 1. The Labute approximate surface area is 219 Å². The van der Waals surface area contributed by atoms with Gasteiger partial charge in [0.05, 0.1) is 12.4 Å². The summed E-state index contributed by atoms with van der Waals surface area (Å²) in [6.07, 6.45) is 3.89. The van der Waals surface area contributed by atoms with E-state index >= 15 is 0 Å². The molecule has 0 aromatic carbocycles. The SMILES string of the molecule is CC(NC(=O)C(N)Cc1cnc[nH]1)C(=O)NC(CCCN=C(N)N)C(=O)NC(CCCN=C(N)N)C(=O)O. The van der Waals surface area contributed by atoms with E-state index in [-0.39, 0.29) is 44.3 Å². The molecular formula is C21H38N12O5. The van der Waals surface area contributed by atoms with Crippen molar-refractivity contribution in [3.63, 3.8) is 0 Å². The lowest BCUT2D eigenvalue weighted by molar-refractivity contribution is -0.142. The van der Waals surface area contributed by atoms with Crippen molar-refractivity contribution in [2.45, 2.75) is 63.2 Å². The van der Waals surface area contributed by atoms with E-state index < -0.39 is 47.9 Å². The molecule has 0 aliphatic heterocycles. The second kappa shape index (κ2) is 16.4. The summed E-state index contributed by atoms with van der Waals surface area (Å²) in [7, 11) is 0. The zero-order chi connectivity index (χ0) is 28.7.